The van der Waals surface area contributed by atoms with Crippen molar-refractivity contribution in [2.75, 3.05) is 30.3 Å². The Kier molecular flexibility index (Phi) is 7.17. The Labute approximate surface area is 189 Å². The fourth-order valence-electron chi connectivity index (χ4n) is 4.62. The van der Waals surface area contributed by atoms with Crippen molar-refractivity contribution in [3.8, 4) is 0 Å². The van der Waals surface area contributed by atoms with Crippen LogP contribution in [0.25, 0.3) is 0 Å². The highest BCUT2D eigenvalue weighted by Crippen LogP contribution is 2.25. The van der Waals surface area contributed by atoms with Crippen molar-refractivity contribution >= 4 is 28.2 Å². The highest BCUT2D eigenvalue weighted by molar-refractivity contribution is 7.15. The van der Waals surface area contributed by atoms with Crippen molar-refractivity contribution < 1.29 is 4.79 Å². The van der Waals surface area contributed by atoms with Gasteiger partial charge >= 0.3 is 0 Å². The molecule has 2 fully saturated rings. The maximum absolute atomic E-state index is 12.4. The molecule has 1 saturated carbocycles. The van der Waals surface area contributed by atoms with Crippen LogP contribution in [0.2, 0.25) is 0 Å². The first-order valence-corrected chi connectivity index (χ1v) is 12.3. The van der Waals surface area contributed by atoms with E-state index < -0.39 is 0 Å². The number of nitrogens with one attached hydrogen (secondary N) is 2. The molecule has 1 amide bonds. The molecule has 1 saturated heterocycles. The minimum Gasteiger partial charge on any atom is -0.367 e. The Hall–Kier alpha value is -2.06. The molecule has 31 heavy (non-hydrogen) atoms. The molecule has 2 aromatic rings. The number of piperidine rings is 1. The van der Waals surface area contributed by atoms with Crippen LogP contribution in [0.4, 0.5) is 10.9 Å². The minimum absolute atomic E-state index is 0.0289. The predicted molar refractivity (Wildman–Crippen MR) is 126 cm³/mol. The molecular weight excluding hydrogens is 408 g/mol. The molecule has 1 aliphatic heterocycles. The SMILES string of the molecule is Cc1nc(CC2CCN(CC(=O)Nc3nc(C)c(C)s3)CC2)cc(NC2CCCC2)n1. The van der Waals surface area contributed by atoms with Crippen molar-refractivity contribution in [1.82, 2.24) is 19.9 Å². The lowest BCUT2D eigenvalue weighted by Crippen LogP contribution is -2.39. The van der Waals surface area contributed by atoms with E-state index in [0.29, 0.717) is 23.6 Å². The number of carbonyl (C=O) groups is 1. The second-order valence-electron chi connectivity index (χ2n) is 9.05. The van der Waals surface area contributed by atoms with Gasteiger partial charge in [0.2, 0.25) is 5.91 Å². The van der Waals surface area contributed by atoms with E-state index in [4.69, 9.17) is 4.98 Å². The number of aromatic nitrogens is 3. The van der Waals surface area contributed by atoms with Crippen molar-refractivity contribution in [1.29, 1.82) is 0 Å². The summed E-state index contributed by atoms with van der Waals surface area (Å²) in [5, 5.41) is 7.26. The number of rotatable bonds is 7. The molecule has 8 heteroatoms. The Bertz CT molecular complexity index is 880. The molecule has 0 bridgehead atoms. The number of thiazole rings is 1. The minimum atomic E-state index is 0.0289. The number of carbonyl (C=O) groups excluding carboxylic acids is 1. The van der Waals surface area contributed by atoms with Crippen LogP contribution in [-0.4, -0.2) is 51.4 Å². The lowest BCUT2D eigenvalue weighted by atomic mass is 9.92. The van der Waals surface area contributed by atoms with Crippen LogP contribution in [0.1, 0.15) is 60.6 Å². The van der Waals surface area contributed by atoms with Crippen LogP contribution in [0.3, 0.4) is 0 Å². The van der Waals surface area contributed by atoms with Crippen molar-refractivity contribution in [3.63, 3.8) is 0 Å². The summed E-state index contributed by atoms with van der Waals surface area (Å²) in [5.41, 5.74) is 2.13. The summed E-state index contributed by atoms with van der Waals surface area (Å²) in [6, 6.07) is 2.71. The molecule has 4 rings (SSSR count). The van der Waals surface area contributed by atoms with Crippen molar-refractivity contribution in [2.24, 2.45) is 5.92 Å². The van der Waals surface area contributed by atoms with Crippen LogP contribution >= 0.6 is 11.3 Å². The topological polar surface area (TPSA) is 83.0 Å². The summed E-state index contributed by atoms with van der Waals surface area (Å²) in [7, 11) is 0. The average Bonchev–Trinajstić information content (AvgIpc) is 3.32. The van der Waals surface area contributed by atoms with E-state index in [1.165, 1.54) is 37.0 Å². The van der Waals surface area contributed by atoms with Gasteiger partial charge in [-0.2, -0.15) is 0 Å². The van der Waals surface area contributed by atoms with E-state index in [1.807, 2.05) is 20.8 Å². The number of amides is 1. The van der Waals surface area contributed by atoms with E-state index in [2.05, 4.69) is 31.6 Å². The zero-order chi connectivity index (χ0) is 21.8. The lowest BCUT2D eigenvalue weighted by molar-refractivity contribution is -0.117. The quantitative estimate of drug-likeness (QED) is 0.672. The third-order valence-electron chi connectivity index (χ3n) is 6.45. The van der Waals surface area contributed by atoms with E-state index in [1.54, 1.807) is 0 Å². The third kappa shape index (κ3) is 6.23. The molecule has 168 valence electrons. The van der Waals surface area contributed by atoms with Crippen molar-refractivity contribution in [3.05, 3.63) is 28.2 Å². The second kappa shape index (κ2) is 10.0. The third-order valence-corrected chi connectivity index (χ3v) is 7.43. The molecular formula is C23H34N6OS. The summed E-state index contributed by atoms with van der Waals surface area (Å²) < 4.78 is 0. The summed E-state index contributed by atoms with van der Waals surface area (Å²) in [6.07, 6.45) is 8.29. The van der Waals surface area contributed by atoms with E-state index in [9.17, 15) is 4.79 Å². The first-order valence-electron chi connectivity index (χ1n) is 11.5. The highest BCUT2D eigenvalue weighted by atomic mass is 32.1. The molecule has 2 aromatic heterocycles. The van der Waals surface area contributed by atoms with Crippen LogP contribution < -0.4 is 10.6 Å². The number of anilines is 2. The molecule has 0 aromatic carbocycles. The van der Waals surface area contributed by atoms with Gasteiger partial charge in [0.25, 0.3) is 0 Å². The molecule has 0 spiro atoms. The normalized spacial score (nSPS) is 18.4. The largest absolute Gasteiger partial charge is 0.367 e. The summed E-state index contributed by atoms with van der Waals surface area (Å²) >= 11 is 1.54. The Morgan fingerprint density at radius 3 is 2.52 bits per heavy atom. The van der Waals surface area contributed by atoms with Crippen LogP contribution in [0.5, 0.6) is 0 Å². The number of aryl methyl sites for hydroxylation is 3. The maximum atomic E-state index is 12.4. The number of nitrogens with zero attached hydrogens (tertiary/aromatic N) is 4. The molecule has 3 heterocycles. The van der Waals surface area contributed by atoms with Crippen LogP contribution in [0.15, 0.2) is 6.07 Å². The van der Waals surface area contributed by atoms with Gasteiger partial charge in [0.15, 0.2) is 5.13 Å². The van der Waals surface area contributed by atoms with Gasteiger partial charge in [0, 0.05) is 22.7 Å². The Morgan fingerprint density at radius 2 is 1.84 bits per heavy atom. The Morgan fingerprint density at radius 1 is 1.10 bits per heavy atom. The molecule has 0 atom stereocenters. The first-order chi connectivity index (χ1) is 14.9. The standard InChI is InChI=1S/C23H34N6OS/c1-15-16(2)31-23(24-15)28-22(30)14-29-10-8-18(9-11-29)12-20-13-21(26-17(3)25-20)27-19-6-4-5-7-19/h13,18-19H,4-12,14H2,1-3H3,(H,24,28,30)(H,25,26,27). The maximum Gasteiger partial charge on any atom is 0.240 e. The number of likely N-dealkylation sites (tertiary alicyclic amines) is 1. The van der Waals surface area contributed by atoms with Gasteiger partial charge in [0.05, 0.1) is 12.2 Å². The van der Waals surface area contributed by atoms with Gasteiger partial charge in [-0.1, -0.05) is 12.8 Å². The number of hydrogen-bond acceptors (Lipinski definition) is 7. The first kappa shape index (κ1) is 22.1. The van der Waals surface area contributed by atoms with Gasteiger partial charge in [-0.15, -0.1) is 11.3 Å². The predicted octanol–water partition coefficient (Wildman–Crippen LogP) is 4.11. The molecule has 1 aliphatic carbocycles. The smallest absolute Gasteiger partial charge is 0.240 e. The van der Waals surface area contributed by atoms with Gasteiger partial charge in [-0.3, -0.25) is 9.69 Å². The van der Waals surface area contributed by atoms with E-state index in [0.717, 1.165) is 60.3 Å². The van der Waals surface area contributed by atoms with Gasteiger partial charge < -0.3 is 10.6 Å². The monoisotopic (exact) mass is 442 g/mol. The van der Waals surface area contributed by atoms with Crippen LogP contribution in [-0.2, 0) is 11.2 Å². The molecule has 2 N–H and O–H groups in total. The molecule has 0 radical (unpaired) electrons. The van der Waals surface area contributed by atoms with Crippen LogP contribution in [0, 0.1) is 26.7 Å². The summed E-state index contributed by atoms with van der Waals surface area (Å²) in [5.74, 6) is 2.47. The van der Waals surface area contributed by atoms with Gasteiger partial charge in [-0.25, -0.2) is 15.0 Å². The van der Waals surface area contributed by atoms with Crippen molar-refractivity contribution in [2.45, 2.75) is 71.8 Å². The fraction of sp³-hybridized carbons (Fsp3) is 0.652. The van der Waals surface area contributed by atoms with E-state index >= 15 is 0 Å². The molecule has 7 nitrogen and oxygen atoms in total. The fourth-order valence-corrected chi connectivity index (χ4v) is 5.45. The molecule has 2 aliphatic rings. The molecule has 0 unspecified atom stereocenters. The summed E-state index contributed by atoms with van der Waals surface area (Å²) in [6.45, 7) is 8.32. The summed E-state index contributed by atoms with van der Waals surface area (Å²) in [4.78, 5) is 29.5. The second-order valence-corrected chi connectivity index (χ2v) is 10.3. The zero-order valence-corrected chi connectivity index (χ0v) is 19.7. The van der Waals surface area contributed by atoms with E-state index in [-0.39, 0.29) is 5.91 Å². The lowest BCUT2D eigenvalue weighted by Gasteiger charge is -2.31. The highest BCUT2D eigenvalue weighted by Gasteiger charge is 2.23. The zero-order valence-electron chi connectivity index (χ0n) is 18.9. The number of hydrogen-bond donors (Lipinski definition) is 2. The average molecular weight is 443 g/mol. The van der Waals surface area contributed by atoms with Gasteiger partial charge in [-0.05, 0) is 71.9 Å². The van der Waals surface area contributed by atoms with Gasteiger partial charge in [0.1, 0.15) is 11.6 Å². The Balaban J connectivity index is 1.24.